The van der Waals surface area contributed by atoms with Crippen LogP contribution in [0.5, 0.6) is 0 Å². The van der Waals surface area contributed by atoms with Gasteiger partial charge in [-0.3, -0.25) is 0 Å². The maximum absolute atomic E-state index is 3.61. The van der Waals surface area contributed by atoms with E-state index in [0.29, 0.717) is 6.04 Å². The minimum Gasteiger partial charge on any atom is -0.309 e. The van der Waals surface area contributed by atoms with Crippen LogP contribution in [0, 0.1) is 0 Å². The van der Waals surface area contributed by atoms with E-state index in [0.717, 1.165) is 6.54 Å². The Bertz CT molecular complexity index is 267. The second-order valence-electron chi connectivity index (χ2n) is 3.42. The molecule has 86 valence electrons. The molecule has 0 radical (unpaired) electrons. The zero-order chi connectivity index (χ0) is 11.1. The zero-order valence-corrected chi connectivity index (χ0v) is 12.5. The van der Waals surface area contributed by atoms with Crippen molar-refractivity contribution in [2.45, 2.75) is 25.8 Å². The number of thiophene rings is 1. The Hall–Kier alpha value is 0.490. The van der Waals surface area contributed by atoms with Crippen LogP contribution in [0.3, 0.4) is 0 Å². The van der Waals surface area contributed by atoms with E-state index in [4.69, 9.17) is 0 Å². The van der Waals surface area contributed by atoms with Crippen LogP contribution in [0.1, 0.15) is 30.7 Å². The molecule has 0 aliphatic rings. The van der Waals surface area contributed by atoms with Crippen molar-refractivity contribution in [1.29, 1.82) is 0 Å². The summed E-state index contributed by atoms with van der Waals surface area (Å²) < 4.78 is 1.25. The van der Waals surface area contributed by atoms with Gasteiger partial charge in [-0.25, -0.2) is 0 Å². The molecule has 0 spiro atoms. The number of hydrogen-bond acceptors (Lipinski definition) is 3. The Morgan fingerprint density at radius 1 is 1.60 bits per heavy atom. The Kier molecular flexibility index (Phi) is 6.97. The molecular formula is C11H18BrNS2. The zero-order valence-electron chi connectivity index (χ0n) is 9.25. The highest BCUT2D eigenvalue weighted by atomic mass is 79.9. The van der Waals surface area contributed by atoms with Crippen LogP contribution >= 0.6 is 39.0 Å². The summed E-state index contributed by atoms with van der Waals surface area (Å²) in [6.07, 6.45) is 4.57. The standard InChI is InChI=1S/C11H18BrNS2/c1-3-6-13-10(5-7-14-2)11-9(12)4-8-15-11/h4,8,10,13H,3,5-7H2,1-2H3. The van der Waals surface area contributed by atoms with E-state index in [2.05, 4.69) is 45.9 Å². The van der Waals surface area contributed by atoms with Gasteiger partial charge in [0, 0.05) is 15.4 Å². The van der Waals surface area contributed by atoms with E-state index >= 15 is 0 Å². The van der Waals surface area contributed by atoms with Gasteiger partial charge in [-0.15, -0.1) is 11.3 Å². The van der Waals surface area contributed by atoms with Gasteiger partial charge in [0.1, 0.15) is 0 Å². The molecule has 1 aromatic rings. The highest BCUT2D eigenvalue weighted by molar-refractivity contribution is 9.10. The fourth-order valence-electron chi connectivity index (χ4n) is 1.43. The summed E-state index contributed by atoms with van der Waals surface area (Å²) in [5.74, 6) is 1.21. The summed E-state index contributed by atoms with van der Waals surface area (Å²) in [6, 6.07) is 2.66. The van der Waals surface area contributed by atoms with Crippen LogP contribution in [0.4, 0.5) is 0 Å². The van der Waals surface area contributed by atoms with Gasteiger partial charge in [0.25, 0.3) is 0 Å². The Morgan fingerprint density at radius 2 is 2.40 bits per heavy atom. The molecule has 1 heterocycles. The lowest BCUT2D eigenvalue weighted by molar-refractivity contribution is 0.527. The third-order valence-corrected chi connectivity index (χ3v) is 4.84. The van der Waals surface area contributed by atoms with Crippen molar-refractivity contribution in [2.24, 2.45) is 0 Å². The van der Waals surface area contributed by atoms with Crippen LogP contribution in [0.2, 0.25) is 0 Å². The van der Waals surface area contributed by atoms with Crippen LogP contribution in [0.15, 0.2) is 15.9 Å². The second-order valence-corrected chi connectivity index (χ2v) is 6.21. The lowest BCUT2D eigenvalue weighted by Gasteiger charge is -2.17. The van der Waals surface area contributed by atoms with Crippen LogP contribution in [-0.2, 0) is 0 Å². The Balaban J connectivity index is 2.58. The molecule has 0 saturated carbocycles. The van der Waals surface area contributed by atoms with Gasteiger partial charge in [-0.2, -0.15) is 11.8 Å². The molecular weight excluding hydrogens is 290 g/mol. The monoisotopic (exact) mass is 307 g/mol. The first-order valence-electron chi connectivity index (χ1n) is 5.24. The number of halogens is 1. The Labute approximate surface area is 109 Å². The van der Waals surface area contributed by atoms with Crippen molar-refractivity contribution < 1.29 is 0 Å². The van der Waals surface area contributed by atoms with Gasteiger partial charge in [0.2, 0.25) is 0 Å². The summed E-state index contributed by atoms with van der Waals surface area (Å²) >= 11 is 7.37. The van der Waals surface area contributed by atoms with Gasteiger partial charge < -0.3 is 5.32 Å². The SMILES string of the molecule is CCCNC(CCSC)c1sccc1Br. The molecule has 1 N–H and O–H groups in total. The lowest BCUT2D eigenvalue weighted by Crippen LogP contribution is -2.22. The molecule has 1 unspecified atom stereocenters. The normalized spacial score (nSPS) is 13.0. The third kappa shape index (κ3) is 4.47. The molecule has 1 nitrogen and oxygen atoms in total. The van der Waals surface area contributed by atoms with Gasteiger partial charge in [0.15, 0.2) is 0 Å². The summed E-state index contributed by atoms with van der Waals surface area (Å²) in [5, 5.41) is 5.77. The third-order valence-electron chi connectivity index (χ3n) is 2.21. The average Bonchev–Trinajstić information content (AvgIpc) is 2.65. The molecule has 0 saturated heterocycles. The van der Waals surface area contributed by atoms with E-state index < -0.39 is 0 Å². The largest absolute Gasteiger partial charge is 0.309 e. The lowest BCUT2D eigenvalue weighted by atomic mass is 10.2. The fourth-order valence-corrected chi connectivity index (χ4v) is 3.67. The number of rotatable bonds is 7. The molecule has 0 aromatic carbocycles. The van der Waals surface area contributed by atoms with Gasteiger partial charge in [-0.05, 0) is 58.8 Å². The minimum atomic E-state index is 0.520. The first-order chi connectivity index (χ1) is 7.29. The molecule has 0 aliphatic carbocycles. The van der Waals surface area contributed by atoms with Gasteiger partial charge >= 0.3 is 0 Å². The number of thioether (sulfide) groups is 1. The predicted octanol–water partition coefficient (Wildman–Crippen LogP) is 4.30. The quantitative estimate of drug-likeness (QED) is 0.806. The van der Waals surface area contributed by atoms with Crippen LogP contribution < -0.4 is 5.32 Å². The molecule has 1 rings (SSSR count). The number of nitrogens with one attached hydrogen (secondary N) is 1. The van der Waals surface area contributed by atoms with Crippen molar-refractivity contribution in [1.82, 2.24) is 5.32 Å². The molecule has 0 aliphatic heterocycles. The van der Waals surface area contributed by atoms with Crippen molar-refractivity contribution >= 4 is 39.0 Å². The van der Waals surface area contributed by atoms with Crippen molar-refractivity contribution in [2.75, 3.05) is 18.6 Å². The molecule has 1 aromatic heterocycles. The van der Waals surface area contributed by atoms with E-state index in [9.17, 15) is 0 Å². The van der Waals surface area contributed by atoms with Gasteiger partial charge in [-0.1, -0.05) is 6.92 Å². The minimum absolute atomic E-state index is 0.520. The number of hydrogen-bond donors (Lipinski definition) is 1. The fraction of sp³-hybridized carbons (Fsp3) is 0.636. The topological polar surface area (TPSA) is 12.0 Å². The predicted molar refractivity (Wildman–Crippen MR) is 76.1 cm³/mol. The molecule has 1 atom stereocenters. The summed E-state index contributed by atoms with van der Waals surface area (Å²) in [4.78, 5) is 1.44. The molecule has 0 bridgehead atoms. The summed E-state index contributed by atoms with van der Waals surface area (Å²) in [6.45, 7) is 3.31. The highest BCUT2D eigenvalue weighted by Gasteiger charge is 2.14. The summed E-state index contributed by atoms with van der Waals surface area (Å²) in [5.41, 5.74) is 0. The van der Waals surface area contributed by atoms with E-state index in [1.54, 1.807) is 0 Å². The first kappa shape index (κ1) is 13.6. The smallest absolute Gasteiger partial charge is 0.0434 e. The maximum Gasteiger partial charge on any atom is 0.0434 e. The molecule has 4 heteroatoms. The molecule has 15 heavy (non-hydrogen) atoms. The highest BCUT2D eigenvalue weighted by Crippen LogP contribution is 2.31. The second kappa shape index (κ2) is 7.71. The Morgan fingerprint density at radius 3 is 2.93 bits per heavy atom. The van der Waals surface area contributed by atoms with E-state index in [1.165, 1.54) is 27.9 Å². The average molecular weight is 308 g/mol. The van der Waals surface area contributed by atoms with Crippen LogP contribution in [-0.4, -0.2) is 18.6 Å². The van der Waals surface area contributed by atoms with Crippen molar-refractivity contribution in [3.05, 3.63) is 20.8 Å². The maximum atomic E-state index is 3.61. The van der Waals surface area contributed by atoms with Crippen LogP contribution in [0.25, 0.3) is 0 Å². The van der Waals surface area contributed by atoms with Crippen molar-refractivity contribution in [3.8, 4) is 0 Å². The van der Waals surface area contributed by atoms with Gasteiger partial charge in [0.05, 0.1) is 0 Å². The van der Waals surface area contributed by atoms with Crippen molar-refractivity contribution in [3.63, 3.8) is 0 Å². The van der Waals surface area contributed by atoms with E-state index in [1.807, 2.05) is 23.1 Å². The summed E-state index contributed by atoms with van der Waals surface area (Å²) in [7, 11) is 0. The first-order valence-corrected chi connectivity index (χ1v) is 8.31. The van der Waals surface area contributed by atoms with E-state index in [-0.39, 0.29) is 0 Å². The molecule has 0 amide bonds. The molecule has 0 fully saturated rings.